The molecule has 0 radical (unpaired) electrons. The van der Waals surface area contributed by atoms with E-state index < -0.39 is 0 Å². The Hall–Kier alpha value is -3.51. The summed E-state index contributed by atoms with van der Waals surface area (Å²) in [5.74, 6) is 0.218. The first-order valence-corrected chi connectivity index (χ1v) is 18.3. The second kappa shape index (κ2) is 17.6. The lowest BCUT2D eigenvalue weighted by Gasteiger charge is -2.34. The van der Waals surface area contributed by atoms with E-state index >= 15 is 0 Å². The van der Waals surface area contributed by atoms with Gasteiger partial charge in [0.1, 0.15) is 0 Å². The van der Waals surface area contributed by atoms with E-state index in [1.807, 2.05) is 42.2 Å². The molecule has 2 atom stereocenters. The second-order valence-electron chi connectivity index (χ2n) is 13.2. The zero-order chi connectivity index (χ0) is 33.0. The maximum atomic E-state index is 13.7. The molecule has 0 unspecified atom stereocenters. The van der Waals surface area contributed by atoms with Crippen molar-refractivity contribution in [3.8, 4) is 0 Å². The zero-order valence-corrected chi connectivity index (χ0v) is 28.5. The summed E-state index contributed by atoms with van der Waals surface area (Å²) >= 11 is 1.66. The van der Waals surface area contributed by atoms with Gasteiger partial charge >= 0.3 is 6.03 Å². The minimum absolute atomic E-state index is 0.116. The molecule has 2 fully saturated rings. The number of rotatable bonds is 8. The Morgan fingerprint density at radius 3 is 2.51 bits per heavy atom. The Kier molecular flexibility index (Phi) is 13.0. The van der Waals surface area contributed by atoms with Crippen LogP contribution in [0.5, 0.6) is 0 Å². The molecule has 12 heteroatoms. The lowest BCUT2D eigenvalue weighted by Crippen LogP contribution is -2.51. The second-order valence-corrected chi connectivity index (χ2v) is 14.5. The number of fused-ring (bicyclic) bond motifs is 13. The van der Waals surface area contributed by atoms with E-state index in [0.717, 1.165) is 53.4 Å². The van der Waals surface area contributed by atoms with Crippen molar-refractivity contribution in [2.45, 2.75) is 114 Å². The number of hydrogen-bond acceptors (Lipinski definition) is 7. The molecule has 2 aromatic rings. The van der Waals surface area contributed by atoms with Crippen molar-refractivity contribution in [2.75, 3.05) is 31.5 Å². The number of para-hydroxylation sites is 1. The quantitative estimate of drug-likeness (QED) is 0.265. The van der Waals surface area contributed by atoms with Gasteiger partial charge in [0.05, 0.1) is 23.2 Å². The molecule has 3 aliphatic heterocycles. The summed E-state index contributed by atoms with van der Waals surface area (Å²) in [7, 11) is 0. The summed E-state index contributed by atoms with van der Waals surface area (Å²) in [6.45, 7) is 4.41. The molecule has 0 spiro atoms. The molecule has 4 aliphatic rings. The number of carbonyl (C=O) groups excluding carboxylic acids is 4. The highest BCUT2D eigenvalue weighted by atomic mass is 32.1. The molecule has 1 aromatic carbocycles. The molecule has 11 nitrogen and oxygen atoms in total. The molecular weight excluding hydrogens is 614 g/mol. The van der Waals surface area contributed by atoms with Crippen LogP contribution in [-0.2, 0) is 20.8 Å². The fourth-order valence-electron chi connectivity index (χ4n) is 6.91. The van der Waals surface area contributed by atoms with Gasteiger partial charge in [0.25, 0.3) is 0 Å². The molecule has 6 rings (SSSR count). The van der Waals surface area contributed by atoms with Crippen LogP contribution in [0.25, 0.3) is 0 Å². The highest BCUT2D eigenvalue weighted by Gasteiger charge is 2.32. The number of benzene rings is 1. The maximum absolute atomic E-state index is 13.7. The van der Waals surface area contributed by atoms with Crippen LogP contribution in [-0.4, -0.2) is 77.9 Å². The van der Waals surface area contributed by atoms with Crippen LogP contribution >= 0.6 is 11.3 Å². The van der Waals surface area contributed by atoms with Crippen molar-refractivity contribution in [3.05, 3.63) is 45.9 Å². The third-order valence-corrected chi connectivity index (χ3v) is 10.7. The average molecular weight is 666 g/mol. The Morgan fingerprint density at radius 2 is 1.74 bits per heavy atom. The molecule has 4 heterocycles. The summed E-state index contributed by atoms with van der Waals surface area (Å²) in [4.78, 5) is 60.2. The van der Waals surface area contributed by atoms with Crippen molar-refractivity contribution in [2.24, 2.45) is 0 Å². The fourth-order valence-corrected chi connectivity index (χ4v) is 8.02. The highest BCUT2D eigenvalue weighted by Crippen LogP contribution is 2.33. The number of urea groups is 1. The molecule has 1 aromatic heterocycles. The summed E-state index contributed by atoms with van der Waals surface area (Å²) < 4.78 is 0. The van der Waals surface area contributed by atoms with Gasteiger partial charge in [-0.25, -0.2) is 9.78 Å². The first-order chi connectivity index (χ1) is 22.8. The van der Waals surface area contributed by atoms with E-state index in [1.165, 1.54) is 12.8 Å². The topological polar surface area (TPSA) is 145 Å². The zero-order valence-electron chi connectivity index (χ0n) is 27.7. The molecule has 4 bridgehead atoms. The number of thiazole rings is 1. The fraction of sp³-hybridized carbons (Fsp3) is 0.629. The largest absolute Gasteiger partial charge is 0.356 e. The molecule has 1 saturated heterocycles. The highest BCUT2D eigenvalue weighted by molar-refractivity contribution is 7.11. The van der Waals surface area contributed by atoms with Gasteiger partial charge in [-0.1, -0.05) is 31.0 Å². The van der Waals surface area contributed by atoms with Crippen LogP contribution in [0.2, 0.25) is 0 Å². The Balaban J connectivity index is 1.19. The van der Waals surface area contributed by atoms with Gasteiger partial charge in [0, 0.05) is 61.2 Å². The monoisotopic (exact) mass is 665 g/mol. The van der Waals surface area contributed by atoms with Crippen molar-refractivity contribution in [3.63, 3.8) is 0 Å². The van der Waals surface area contributed by atoms with Crippen LogP contribution in [0.4, 0.5) is 10.5 Å². The number of nitrogens with one attached hydrogen (secondary N) is 5. The maximum Gasteiger partial charge on any atom is 0.319 e. The lowest BCUT2D eigenvalue weighted by atomic mass is 9.96. The van der Waals surface area contributed by atoms with Gasteiger partial charge in [-0.15, -0.1) is 11.3 Å². The molecule has 1 aliphatic carbocycles. The van der Waals surface area contributed by atoms with Crippen molar-refractivity contribution >= 4 is 40.8 Å². The molecule has 5 amide bonds. The van der Waals surface area contributed by atoms with Gasteiger partial charge in [-0.3, -0.25) is 14.4 Å². The van der Waals surface area contributed by atoms with Gasteiger partial charge < -0.3 is 31.5 Å². The summed E-state index contributed by atoms with van der Waals surface area (Å²) in [5.41, 5.74) is 1.52. The molecule has 47 heavy (non-hydrogen) atoms. The third kappa shape index (κ3) is 10.8. The molecule has 256 valence electrons. The first kappa shape index (κ1) is 34.8. The standard InChI is InChI=1S/C35H51N7O4S/c1-24-30-23-32(44)39-28(14-7-8-18-37-35(46)40-27-10-3-2-4-11-27)22-31(43)36-19-9-15-29(38-26-12-5-6-13-26)34(45)42-20-16-25(17-21-42)33(41-30)47-24/h2-4,10-11,25-26,28-29,38H,5-9,12-23H2,1H3,(H,36,43)(H,39,44)(H2,37,40,46)/t28-,29-/m0/s1. The molecular formula is C35H51N7O4S. The predicted molar refractivity (Wildman–Crippen MR) is 184 cm³/mol. The van der Waals surface area contributed by atoms with Crippen LogP contribution in [0.3, 0.4) is 0 Å². The molecule has 5 N–H and O–H groups in total. The van der Waals surface area contributed by atoms with Crippen LogP contribution < -0.4 is 26.6 Å². The minimum atomic E-state index is -0.331. The van der Waals surface area contributed by atoms with Gasteiger partial charge in [0.2, 0.25) is 17.7 Å². The van der Waals surface area contributed by atoms with Crippen LogP contribution in [0.15, 0.2) is 30.3 Å². The SMILES string of the molecule is Cc1sc2nc1CC(=O)N[C@@H](CCCCNC(=O)Nc1ccccc1)CC(=O)NCCC[C@H](NC1CCCC1)C(=O)N1CCC2CC1. The van der Waals surface area contributed by atoms with E-state index in [0.29, 0.717) is 63.8 Å². The number of amides is 5. The normalized spacial score (nSPS) is 23.4. The number of piperidine rings is 1. The smallest absolute Gasteiger partial charge is 0.319 e. The Bertz CT molecular complexity index is 1340. The van der Waals surface area contributed by atoms with E-state index in [-0.39, 0.29) is 48.7 Å². The summed E-state index contributed by atoms with van der Waals surface area (Å²) in [5, 5.41) is 16.5. The van der Waals surface area contributed by atoms with Crippen molar-refractivity contribution in [1.82, 2.24) is 31.2 Å². The number of nitrogens with zero attached hydrogens (tertiary/aromatic N) is 2. The predicted octanol–water partition coefficient (Wildman–Crippen LogP) is 4.38. The number of unbranched alkanes of at least 4 members (excludes halogenated alkanes) is 1. The van der Waals surface area contributed by atoms with E-state index in [9.17, 15) is 19.2 Å². The van der Waals surface area contributed by atoms with E-state index in [4.69, 9.17) is 4.98 Å². The van der Waals surface area contributed by atoms with Crippen molar-refractivity contribution < 1.29 is 19.2 Å². The lowest BCUT2D eigenvalue weighted by molar-refractivity contribution is -0.135. The van der Waals surface area contributed by atoms with Gasteiger partial charge in [0.15, 0.2) is 0 Å². The van der Waals surface area contributed by atoms with Crippen molar-refractivity contribution in [1.29, 1.82) is 0 Å². The number of hydrogen-bond donors (Lipinski definition) is 5. The Morgan fingerprint density at radius 1 is 0.979 bits per heavy atom. The van der Waals surface area contributed by atoms with Gasteiger partial charge in [-0.05, 0) is 76.8 Å². The average Bonchev–Trinajstić information content (AvgIpc) is 3.71. The third-order valence-electron chi connectivity index (χ3n) is 9.57. The number of carbonyl (C=O) groups is 4. The number of aromatic nitrogens is 1. The van der Waals surface area contributed by atoms with Crippen LogP contribution in [0.1, 0.15) is 98.5 Å². The first-order valence-electron chi connectivity index (χ1n) is 17.5. The van der Waals surface area contributed by atoms with Crippen LogP contribution in [0, 0.1) is 6.92 Å². The number of anilines is 1. The summed E-state index contributed by atoms with van der Waals surface area (Å²) in [6, 6.07) is 8.83. The molecule has 1 saturated carbocycles. The van der Waals surface area contributed by atoms with E-state index in [2.05, 4.69) is 26.6 Å². The van der Waals surface area contributed by atoms with E-state index in [1.54, 1.807) is 11.3 Å². The number of aryl methyl sites for hydroxylation is 1. The Labute approximate surface area is 282 Å². The minimum Gasteiger partial charge on any atom is -0.356 e. The van der Waals surface area contributed by atoms with Gasteiger partial charge in [-0.2, -0.15) is 0 Å². The summed E-state index contributed by atoms with van der Waals surface area (Å²) in [6.07, 6.45) is 10.2.